The molecule has 1 N–H and O–H groups in total. The summed E-state index contributed by atoms with van der Waals surface area (Å²) in [4.78, 5) is 31.2. The van der Waals surface area contributed by atoms with Gasteiger partial charge in [0.2, 0.25) is 11.8 Å². The molecular formula is C28H33N3O3S. The lowest BCUT2D eigenvalue weighted by molar-refractivity contribution is -0.121. The summed E-state index contributed by atoms with van der Waals surface area (Å²) in [6.07, 6.45) is 0.975. The number of aromatic nitrogens is 1. The highest BCUT2D eigenvalue weighted by Gasteiger charge is 2.42. The van der Waals surface area contributed by atoms with Gasteiger partial charge in [-0.1, -0.05) is 39.0 Å². The number of amides is 2. The Balaban J connectivity index is 1.29. The monoisotopic (exact) mass is 491 g/mol. The summed E-state index contributed by atoms with van der Waals surface area (Å²) in [5, 5.41) is 5.38. The zero-order chi connectivity index (χ0) is 25.4. The maximum absolute atomic E-state index is 12.6. The molecule has 0 radical (unpaired) electrons. The van der Waals surface area contributed by atoms with Crippen LogP contribution in [0.15, 0.2) is 47.8 Å². The van der Waals surface area contributed by atoms with Gasteiger partial charge in [0.1, 0.15) is 5.75 Å². The summed E-state index contributed by atoms with van der Waals surface area (Å²) in [5.41, 5.74) is 4.45. The predicted molar refractivity (Wildman–Crippen MR) is 142 cm³/mol. The number of fused-ring (bicyclic) bond motifs is 1. The fourth-order valence-electron chi connectivity index (χ4n) is 4.25. The number of anilines is 2. The van der Waals surface area contributed by atoms with Gasteiger partial charge in [0.25, 0.3) is 0 Å². The molecule has 0 fully saturated rings. The van der Waals surface area contributed by atoms with Crippen molar-refractivity contribution in [1.82, 2.24) is 4.98 Å². The van der Waals surface area contributed by atoms with Crippen LogP contribution < -0.4 is 15.0 Å². The highest BCUT2D eigenvalue weighted by molar-refractivity contribution is 7.14. The van der Waals surface area contributed by atoms with Gasteiger partial charge < -0.3 is 15.0 Å². The molecule has 3 aromatic rings. The van der Waals surface area contributed by atoms with Crippen molar-refractivity contribution >= 4 is 34.0 Å². The van der Waals surface area contributed by atoms with E-state index in [0.29, 0.717) is 24.6 Å². The molecule has 0 bridgehead atoms. The first-order valence-electron chi connectivity index (χ1n) is 11.9. The number of benzene rings is 2. The van der Waals surface area contributed by atoms with Crippen LogP contribution in [-0.2, 0) is 20.4 Å². The average molecular weight is 492 g/mol. The molecule has 35 heavy (non-hydrogen) atoms. The summed E-state index contributed by atoms with van der Waals surface area (Å²) < 4.78 is 5.78. The van der Waals surface area contributed by atoms with Gasteiger partial charge in [-0.3, -0.25) is 9.59 Å². The first-order valence-corrected chi connectivity index (χ1v) is 12.8. The van der Waals surface area contributed by atoms with Crippen LogP contribution in [0.25, 0.3) is 11.3 Å². The van der Waals surface area contributed by atoms with Crippen molar-refractivity contribution in [2.75, 3.05) is 23.9 Å². The maximum atomic E-state index is 12.6. The van der Waals surface area contributed by atoms with Gasteiger partial charge >= 0.3 is 0 Å². The van der Waals surface area contributed by atoms with Crippen LogP contribution >= 0.6 is 11.3 Å². The Morgan fingerprint density at radius 3 is 2.54 bits per heavy atom. The van der Waals surface area contributed by atoms with E-state index >= 15 is 0 Å². The molecule has 1 aliphatic heterocycles. The van der Waals surface area contributed by atoms with Crippen LogP contribution in [0.2, 0.25) is 0 Å². The second-order valence-corrected chi connectivity index (χ2v) is 11.4. The van der Waals surface area contributed by atoms with Crippen molar-refractivity contribution < 1.29 is 14.3 Å². The number of ether oxygens (including phenoxy) is 1. The van der Waals surface area contributed by atoms with E-state index in [-0.39, 0.29) is 17.2 Å². The molecule has 2 aromatic carbocycles. The van der Waals surface area contributed by atoms with E-state index in [1.807, 2.05) is 49.6 Å². The van der Waals surface area contributed by atoms with E-state index in [1.165, 1.54) is 16.9 Å². The van der Waals surface area contributed by atoms with Crippen LogP contribution in [0.3, 0.4) is 0 Å². The molecular weight excluding hydrogens is 458 g/mol. The van der Waals surface area contributed by atoms with Gasteiger partial charge in [-0.15, -0.1) is 11.3 Å². The van der Waals surface area contributed by atoms with Crippen LogP contribution in [0.5, 0.6) is 5.75 Å². The van der Waals surface area contributed by atoms with E-state index in [2.05, 4.69) is 43.2 Å². The van der Waals surface area contributed by atoms with Crippen molar-refractivity contribution in [2.24, 2.45) is 0 Å². The third-order valence-electron chi connectivity index (χ3n) is 6.45. The zero-order valence-corrected chi connectivity index (χ0v) is 22.1. The molecule has 184 valence electrons. The molecule has 1 aliphatic rings. The standard InChI is InChI=1S/C28H33N3O3S/c1-27(2,3)19-10-12-20(13-11-19)34-15-7-8-24(32)30-26-29-22(17-35-26)18-9-14-23-21(16-18)28(4,5)25(33)31(23)6/h9-14,16-17H,7-8,15H2,1-6H3,(H,29,30,32). The molecule has 0 saturated carbocycles. The lowest BCUT2D eigenvalue weighted by atomic mass is 9.85. The Hall–Kier alpha value is -3.19. The highest BCUT2D eigenvalue weighted by atomic mass is 32.1. The van der Waals surface area contributed by atoms with Crippen molar-refractivity contribution in [1.29, 1.82) is 0 Å². The van der Waals surface area contributed by atoms with Crippen LogP contribution in [0, 0.1) is 0 Å². The Morgan fingerprint density at radius 1 is 1.14 bits per heavy atom. The lowest BCUT2D eigenvalue weighted by Crippen LogP contribution is -2.33. The number of hydrogen-bond donors (Lipinski definition) is 1. The number of hydrogen-bond acceptors (Lipinski definition) is 5. The molecule has 2 amide bonds. The summed E-state index contributed by atoms with van der Waals surface area (Å²) in [7, 11) is 1.81. The van der Waals surface area contributed by atoms with Gasteiger partial charge in [0.05, 0.1) is 17.7 Å². The van der Waals surface area contributed by atoms with Gasteiger partial charge in [0.15, 0.2) is 5.13 Å². The third-order valence-corrected chi connectivity index (χ3v) is 7.21. The highest BCUT2D eigenvalue weighted by Crippen LogP contribution is 2.42. The zero-order valence-electron chi connectivity index (χ0n) is 21.3. The largest absolute Gasteiger partial charge is 0.494 e. The minimum atomic E-state index is -0.566. The number of likely N-dealkylation sites (N-methyl/N-ethyl adjacent to an activating group) is 1. The second kappa shape index (κ2) is 9.46. The van der Waals surface area contributed by atoms with Crippen molar-refractivity contribution in [3.8, 4) is 17.0 Å². The lowest BCUT2D eigenvalue weighted by Gasteiger charge is -2.19. The molecule has 7 heteroatoms. The maximum Gasteiger partial charge on any atom is 0.236 e. The summed E-state index contributed by atoms with van der Waals surface area (Å²) in [6, 6.07) is 14.1. The average Bonchev–Trinajstić information content (AvgIpc) is 3.34. The summed E-state index contributed by atoms with van der Waals surface area (Å²) >= 11 is 1.39. The Morgan fingerprint density at radius 2 is 1.86 bits per heavy atom. The normalized spacial score (nSPS) is 14.7. The second-order valence-electron chi connectivity index (χ2n) is 10.5. The number of thiazole rings is 1. The Bertz CT molecular complexity index is 1240. The molecule has 0 saturated heterocycles. The topological polar surface area (TPSA) is 71.5 Å². The molecule has 0 aliphatic carbocycles. The van der Waals surface area contributed by atoms with Gasteiger partial charge in [0, 0.05) is 30.1 Å². The van der Waals surface area contributed by atoms with Crippen molar-refractivity contribution in [3.63, 3.8) is 0 Å². The quantitative estimate of drug-likeness (QED) is 0.402. The molecule has 0 atom stereocenters. The van der Waals surface area contributed by atoms with Crippen LogP contribution in [0.1, 0.15) is 58.6 Å². The molecule has 2 heterocycles. The first-order chi connectivity index (χ1) is 16.5. The summed E-state index contributed by atoms with van der Waals surface area (Å²) in [6.45, 7) is 10.9. The van der Waals surface area contributed by atoms with E-state index < -0.39 is 5.41 Å². The van der Waals surface area contributed by atoms with Crippen molar-refractivity contribution in [2.45, 2.75) is 58.3 Å². The van der Waals surface area contributed by atoms with E-state index in [0.717, 1.165) is 28.3 Å². The molecule has 0 unspecified atom stereocenters. The third kappa shape index (κ3) is 5.25. The van der Waals surface area contributed by atoms with Crippen LogP contribution in [0.4, 0.5) is 10.8 Å². The van der Waals surface area contributed by atoms with Gasteiger partial charge in [-0.05, 0) is 61.1 Å². The van der Waals surface area contributed by atoms with Crippen LogP contribution in [-0.4, -0.2) is 30.5 Å². The van der Waals surface area contributed by atoms with E-state index in [4.69, 9.17) is 4.74 Å². The number of carbonyl (C=O) groups is 2. The van der Waals surface area contributed by atoms with E-state index in [9.17, 15) is 9.59 Å². The molecule has 6 nitrogen and oxygen atoms in total. The number of carbonyl (C=O) groups excluding carboxylic acids is 2. The Labute approximate surface area is 211 Å². The smallest absolute Gasteiger partial charge is 0.236 e. The Kier molecular flexibility index (Phi) is 6.73. The van der Waals surface area contributed by atoms with Gasteiger partial charge in [-0.25, -0.2) is 4.98 Å². The fraction of sp³-hybridized carbons (Fsp3) is 0.393. The molecule has 4 rings (SSSR count). The fourth-order valence-corrected chi connectivity index (χ4v) is 4.99. The predicted octanol–water partition coefficient (Wildman–Crippen LogP) is 6.16. The minimum absolute atomic E-state index is 0.0834. The number of rotatable bonds is 7. The van der Waals surface area contributed by atoms with Gasteiger partial charge in [-0.2, -0.15) is 0 Å². The van der Waals surface area contributed by atoms with Crippen molar-refractivity contribution in [3.05, 3.63) is 59.0 Å². The molecule has 1 aromatic heterocycles. The summed E-state index contributed by atoms with van der Waals surface area (Å²) in [5.74, 6) is 0.815. The molecule has 0 spiro atoms. The first kappa shape index (κ1) is 24.9. The number of nitrogens with one attached hydrogen (secondary N) is 1. The SMILES string of the molecule is CN1C(=O)C(C)(C)c2cc(-c3csc(NC(=O)CCCOc4ccc(C(C)(C)C)cc4)n3)ccc21. The minimum Gasteiger partial charge on any atom is -0.494 e. The van der Waals surface area contributed by atoms with E-state index in [1.54, 1.807) is 11.9 Å². The number of nitrogens with zero attached hydrogens (tertiary/aromatic N) is 2.